The highest BCUT2D eigenvalue weighted by atomic mass is 16.2. The standard InChI is InChI=1S/C20H27N5O/c1-20(2,24-14-18(26)25-10-6-7-11-25)15-23-19-21-12-17(13-22-19)16-8-4-3-5-9-16/h3-5,8-9,12-13,24H,6-7,10-11,14-15H2,1-2H3,(H,21,22,23). The molecule has 1 amide bonds. The van der Waals surface area contributed by atoms with Gasteiger partial charge in [-0.25, -0.2) is 9.97 Å². The maximum absolute atomic E-state index is 12.2. The number of amides is 1. The third-order valence-corrected chi connectivity index (χ3v) is 4.62. The number of aromatic nitrogens is 2. The second kappa shape index (κ2) is 8.27. The zero-order valence-corrected chi connectivity index (χ0v) is 15.5. The zero-order chi connectivity index (χ0) is 18.4. The maximum Gasteiger partial charge on any atom is 0.236 e. The van der Waals surface area contributed by atoms with Gasteiger partial charge in [-0.15, -0.1) is 0 Å². The van der Waals surface area contributed by atoms with Crippen LogP contribution in [-0.2, 0) is 4.79 Å². The van der Waals surface area contributed by atoms with Gasteiger partial charge in [-0.3, -0.25) is 4.79 Å². The summed E-state index contributed by atoms with van der Waals surface area (Å²) in [6.07, 6.45) is 5.88. The third kappa shape index (κ3) is 5.02. The molecule has 6 nitrogen and oxygen atoms in total. The molecule has 1 saturated heterocycles. The van der Waals surface area contributed by atoms with Crippen molar-refractivity contribution in [3.05, 3.63) is 42.7 Å². The van der Waals surface area contributed by atoms with Crippen LogP contribution in [0.2, 0.25) is 0 Å². The number of carbonyl (C=O) groups is 1. The topological polar surface area (TPSA) is 70.1 Å². The maximum atomic E-state index is 12.2. The van der Waals surface area contributed by atoms with Crippen LogP contribution in [0.1, 0.15) is 26.7 Å². The molecule has 1 aliphatic rings. The van der Waals surface area contributed by atoms with Crippen molar-refractivity contribution in [1.29, 1.82) is 0 Å². The lowest BCUT2D eigenvalue weighted by Gasteiger charge is -2.27. The molecule has 1 fully saturated rings. The number of anilines is 1. The number of benzene rings is 1. The van der Waals surface area contributed by atoms with E-state index < -0.39 is 0 Å². The monoisotopic (exact) mass is 353 g/mol. The van der Waals surface area contributed by atoms with Crippen molar-refractivity contribution in [2.24, 2.45) is 0 Å². The third-order valence-electron chi connectivity index (χ3n) is 4.62. The van der Waals surface area contributed by atoms with Crippen LogP contribution in [0.15, 0.2) is 42.7 Å². The molecule has 26 heavy (non-hydrogen) atoms. The molecule has 6 heteroatoms. The molecule has 0 spiro atoms. The van der Waals surface area contributed by atoms with Crippen molar-refractivity contribution in [3.63, 3.8) is 0 Å². The summed E-state index contributed by atoms with van der Waals surface area (Å²) in [5.41, 5.74) is 1.85. The summed E-state index contributed by atoms with van der Waals surface area (Å²) in [5, 5.41) is 6.58. The van der Waals surface area contributed by atoms with Crippen LogP contribution in [0.4, 0.5) is 5.95 Å². The van der Waals surface area contributed by atoms with Gasteiger partial charge in [-0.1, -0.05) is 30.3 Å². The van der Waals surface area contributed by atoms with Crippen LogP contribution in [0, 0.1) is 0 Å². The number of hydrogen-bond donors (Lipinski definition) is 2. The van der Waals surface area contributed by atoms with E-state index >= 15 is 0 Å². The Morgan fingerprint density at radius 3 is 2.38 bits per heavy atom. The first-order valence-electron chi connectivity index (χ1n) is 9.18. The molecule has 0 saturated carbocycles. The Labute approximate surface area is 155 Å². The number of nitrogens with one attached hydrogen (secondary N) is 2. The fraction of sp³-hybridized carbons (Fsp3) is 0.450. The fourth-order valence-corrected chi connectivity index (χ4v) is 2.95. The zero-order valence-electron chi connectivity index (χ0n) is 15.5. The predicted octanol–water partition coefficient (Wildman–Crippen LogP) is 2.55. The Hall–Kier alpha value is -2.47. The molecule has 3 rings (SSSR count). The van der Waals surface area contributed by atoms with Crippen molar-refractivity contribution in [2.45, 2.75) is 32.2 Å². The van der Waals surface area contributed by atoms with E-state index in [-0.39, 0.29) is 11.4 Å². The highest BCUT2D eigenvalue weighted by Crippen LogP contribution is 2.17. The summed E-state index contributed by atoms with van der Waals surface area (Å²) in [4.78, 5) is 22.9. The number of carbonyl (C=O) groups excluding carboxylic acids is 1. The Morgan fingerprint density at radius 1 is 1.08 bits per heavy atom. The van der Waals surface area contributed by atoms with Crippen LogP contribution < -0.4 is 10.6 Å². The van der Waals surface area contributed by atoms with Gasteiger partial charge in [-0.2, -0.15) is 0 Å². The number of hydrogen-bond acceptors (Lipinski definition) is 5. The van der Waals surface area contributed by atoms with Gasteiger partial charge in [0.05, 0.1) is 6.54 Å². The molecule has 0 unspecified atom stereocenters. The molecule has 0 atom stereocenters. The van der Waals surface area contributed by atoms with E-state index in [1.54, 1.807) is 0 Å². The van der Waals surface area contributed by atoms with Gasteiger partial charge < -0.3 is 15.5 Å². The number of nitrogens with zero attached hydrogens (tertiary/aromatic N) is 3. The van der Waals surface area contributed by atoms with Gasteiger partial charge in [0, 0.05) is 43.1 Å². The molecule has 138 valence electrons. The fourth-order valence-electron chi connectivity index (χ4n) is 2.95. The van der Waals surface area contributed by atoms with Crippen LogP contribution in [0.25, 0.3) is 11.1 Å². The Bertz CT molecular complexity index is 709. The molecular weight excluding hydrogens is 326 g/mol. The van der Waals surface area contributed by atoms with Gasteiger partial charge in [-0.05, 0) is 32.3 Å². The predicted molar refractivity (Wildman–Crippen MR) is 104 cm³/mol. The van der Waals surface area contributed by atoms with E-state index in [1.165, 1.54) is 0 Å². The van der Waals surface area contributed by atoms with Gasteiger partial charge in [0.1, 0.15) is 0 Å². The minimum absolute atomic E-state index is 0.180. The van der Waals surface area contributed by atoms with Gasteiger partial charge in [0.2, 0.25) is 11.9 Å². The molecule has 1 aliphatic heterocycles. The second-order valence-corrected chi connectivity index (χ2v) is 7.34. The van der Waals surface area contributed by atoms with E-state index in [9.17, 15) is 4.79 Å². The van der Waals surface area contributed by atoms with Crippen LogP contribution in [0.3, 0.4) is 0 Å². The molecule has 2 aromatic rings. The molecule has 1 aromatic carbocycles. The summed E-state index contributed by atoms with van der Waals surface area (Å²) in [7, 11) is 0. The smallest absolute Gasteiger partial charge is 0.236 e. The molecule has 0 bridgehead atoms. The number of likely N-dealkylation sites (tertiary alicyclic amines) is 1. The lowest BCUT2D eigenvalue weighted by atomic mass is 10.1. The van der Waals surface area contributed by atoms with Crippen molar-refractivity contribution >= 4 is 11.9 Å². The van der Waals surface area contributed by atoms with Crippen LogP contribution in [0.5, 0.6) is 0 Å². The summed E-state index contributed by atoms with van der Waals surface area (Å²) >= 11 is 0. The van der Waals surface area contributed by atoms with Crippen molar-refractivity contribution in [2.75, 3.05) is 31.5 Å². The van der Waals surface area contributed by atoms with Crippen molar-refractivity contribution in [3.8, 4) is 11.1 Å². The quantitative estimate of drug-likeness (QED) is 0.800. The first-order valence-corrected chi connectivity index (χ1v) is 9.18. The molecule has 1 aromatic heterocycles. The highest BCUT2D eigenvalue weighted by Gasteiger charge is 2.22. The van der Waals surface area contributed by atoms with Crippen LogP contribution in [-0.4, -0.2) is 52.5 Å². The normalized spacial score (nSPS) is 14.5. The summed E-state index contributed by atoms with van der Waals surface area (Å²) in [6.45, 7) is 6.90. The lowest BCUT2D eigenvalue weighted by Crippen LogP contribution is -2.49. The van der Waals surface area contributed by atoms with E-state index in [4.69, 9.17) is 0 Å². The summed E-state index contributed by atoms with van der Waals surface area (Å²) in [6, 6.07) is 10.1. The van der Waals surface area contributed by atoms with Crippen LogP contribution >= 0.6 is 0 Å². The van der Waals surface area contributed by atoms with Crippen molar-refractivity contribution < 1.29 is 4.79 Å². The molecule has 0 radical (unpaired) electrons. The minimum Gasteiger partial charge on any atom is -0.352 e. The largest absolute Gasteiger partial charge is 0.352 e. The lowest BCUT2D eigenvalue weighted by molar-refractivity contribution is -0.129. The Morgan fingerprint density at radius 2 is 1.73 bits per heavy atom. The highest BCUT2D eigenvalue weighted by molar-refractivity contribution is 5.78. The first kappa shape index (κ1) is 18.3. The minimum atomic E-state index is -0.239. The average Bonchev–Trinajstić information content (AvgIpc) is 3.21. The van der Waals surface area contributed by atoms with Crippen molar-refractivity contribution in [1.82, 2.24) is 20.2 Å². The van der Waals surface area contributed by atoms with Gasteiger partial charge >= 0.3 is 0 Å². The summed E-state index contributed by atoms with van der Waals surface area (Å²) < 4.78 is 0. The molecule has 2 N–H and O–H groups in total. The van der Waals surface area contributed by atoms with Gasteiger partial charge in [0.25, 0.3) is 0 Å². The van der Waals surface area contributed by atoms with Gasteiger partial charge in [0.15, 0.2) is 0 Å². The molecular formula is C20H27N5O. The second-order valence-electron chi connectivity index (χ2n) is 7.34. The molecule has 2 heterocycles. The Balaban J connectivity index is 1.48. The SMILES string of the molecule is CC(C)(CNc1ncc(-c2ccccc2)cn1)NCC(=O)N1CCCC1. The Kier molecular flexibility index (Phi) is 5.83. The molecule has 0 aliphatic carbocycles. The van der Waals surface area contributed by atoms with E-state index in [0.29, 0.717) is 19.0 Å². The number of rotatable bonds is 7. The van der Waals surface area contributed by atoms with E-state index in [0.717, 1.165) is 37.1 Å². The van der Waals surface area contributed by atoms with E-state index in [1.807, 2.05) is 47.6 Å². The first-order chi connectivity index (χ1) is 12.5. The average molecular weight is 353 g/mol. The van der Waals surface area contributed by atoms with E-state index in [2.05, 4.69) is 34.4 Å². The summed E-state index contributed by atoms with van der Waals surface area (Å²) in [5.74, 6) is 0.768.